The molecule has 0 aliphatic heterocycles. The summed E-state index contributed by atoms with van der Waals surface area (Å²) in [5.74, 6) is 0.619. The van der Waals surface area contributed by atoms with Crippen molar-refractivity contribution in [2.24, 2.45) is 5.73 Å². The van der Waals surface area contributed by atoms with E-state index in [2.05, 4.69) is 6.07 Å². The third-order valence-corrected chi connectivity index (χ3v) is 3.86. The van der Waals surface area contributed by atoms with Crippen molar-refractivity contribution >= 4 is 0 Å². The van der Waals surface area contributed by atoms with Gasteiger partial charge >= 0.3 is 0 Å². The Morgan fingerprint density at radius 1 is 0.947 bits per heavy atom. The van der Waals surface area contributed by atoms with Gasteiger partial charge in [0.2, 0.25) is 0 Å². The molecule has 0 spiro atoms. The molecule has 2 aromatic rings. The lowest BCUT2D eigenvalue weighted by Gasteiger charge is -2.22. The zero-order valence-electron chi connectivity index (χ0n) is 10.9. The van der Waals surface area contributed by atoms with Crippen LogP contribution in [-0.4, -0.2) is 5.11 Å². The molecule has 1 saturated carbocycles. The van der Waals surface area contributed by atoms with Gasteiger partial charge in [-0.1, -0.05) is 54.6 Å². The van der Waals surface area contributed by atoms with Crippen LogP contribution in [0.4, 0.5) is 0 Å². The number of hydrogen-bond donors (Lipinski definition) is 2. The lowest BCUT2D eigenvalue weighted by Crippen LogP contribution is -2.20. The molecule has 0 radical (unpaired) electrons. The predicted molar refractivity (Wildman–Crippen MR) is 76.7 cm³/mol. The Morgan fingerprint density at radius 3 is 2.26 bits per heavy atom. The molecule has 2 heteroatoms. The van der Waals surface area contributed by atoms with Crippen LogP contribution in [-0.2, 0) is 0 Å². The molecule has 2 unspecified atom stereocenters. The van der Waals surface area contributed by atoms with E-state index in [-0.39, 0.29) is 6.04 Å². The Bertz CT molecular complexity index is 548. The van der Waals surface area contributed by atoms with Crippen LogP contribution < -0.4 is 5.73 Å². The minimum Gasteiger partial charge on any atom is -0.386 e. The fourth-order valence-electron chi connectivity index (χ4n) is 2.60. The van der Waals surface area contributed by atoms with E-state index in [1.807, 2.05) is 48.5 Å². The van der Waals surface area contributed by atoms with E-state index in [0.29, 0.717) is 5.92 Å². The van der Waals surface area contributed by atoms with Gasteiger partial charge in [0, 0.05) is 0 Å². The first kappa shape index (κ1) is 12.4. The predicted octanol–water partition coefficient (Wildman–Crippen LogP) is 3.30. The molecule has 3 rings (SSSR count). The van der Waals surface area contributed by atoms with Crippen molar-refractivity contribution in [3.63, 3.8) is 0 Å². The summed E-state index contributed by atoms with van der Waals surface area (Å²) < 4.78 is 0. The fourth-order valence-corrected chi connectivity index (χ4v) is 2.60. The Hall–Kier alpha value is -1.64. The summed E-state index contributed by atoms with van der Waals surface area (Å²) in [4.78, 5) is 0. The van der Waals surface area contributed by atoms with E-state index in [9.17, 15) is 5.11 Å². The number of aliphatic hydroxyl groups is 1. The maximum atomic E-state index is 10.6. The molecular weight excluding hydrogens is 234 g/mol. The molecule has 0 heterocycles. The van der Waals surface area contributed by atoms with Gasteiger partial charge in [0.25, 0.3) is 0 Å². The van der Waals surface area contributed by atoms with Gasteiger partial charge in [0.1, 0.15) is 0 Å². The van der Waals surface area contributed by atoms with Crippen molar-refractivity contribution in [3.8, 4) is 0 Å². The number of hydrogen-bond acceptors (Lipinski definition) is 2. The monoisotopic (exact) mass is 253 g/mol. The highest BCUT2D eigenvalue weighted by molar-refractivity contribution is 5.36. The number of aliphatic hydroxyl groups excluding tert-OH is 1. The van der Waals surface area contributed by atoms with E-state index in [0.717, 1.165) is 11.1 Å². The minimum atomic E-state index is -0.640. The number of nitrogens with two attached hydrogens (primary N) is 1. The molecule has 0 saturated heterocycles. The van der Waals surface area contributed by atoms with Gasteiger partial charge in [-0.3, -0.25) is 0 Å². The van der Waals surface area contributed by atoms with Crippen LogP contribution in [0.1, 0.15) is 47.6 Å². The van der Waals surface area contributed by atoms with Crippen LogP contribution in [0.15, 0.2) is 54.6 Å². The number of benzene rings is 2. The van der Waals surface area contributed by atoms with Crippen molar-refractivity contribution in [1.29, 1.82) is 0 Å². The highest BCUT2D eigenvalue weighted by Crippen LogP contribution is 2.44. The Balaban J connectivity index is 1.89. The normalized spacial score (nSPS) is 18.0. The second-order valence-corrected chi connectivity index (χ2v) is 5.28. The van der Waals surface area contributed by atoms with Crippen LogP contribution in [0.3, 0.4) is 0 Å². The van der Waals surface area contributed by atoms with Crippen LogP contribution in [0.5, 0.6) is 0 Å². The fraction of sp³-hybridized carbons (Fsp3) is 0.294. The first-order valence-electron chi connectivity index (χ1n) is 6.85. The SMILES string of the molecule is NC(c1ccccc1)C(O)c1ccccc1C1CC1. The van der Waals surface area contributed by atoms with Crippen molar-refractivity contribution in [2.45, 2.75) is 30.9 Å². The van der Waals surface area contributed by atoms with E-state index in [1.165, 1.54) is 18.4 Å². The van der Waals surface area contributed by atoms with Gasteiger partial charge in [-0.15, -0.1) is 0 Å². The van der Waals surface area contributed by atoms with Crippen LogP contribution in [0.25, 0.3) is 0 Å². The van der Waals surface area contributed by atoms with E-state index in [4.69, 9.17) is 5.73 Å². The molecule has 2 nitrogen and oxygen atoms in total. The molecule has 0 amide bonds. The topological polar surface area (TPSA) is 46.2 Å². The summed E-state index contributed by atoms with van der Waals surface area (Å²) in [5.41, 5.74) is 9.44. The van der Waals surface area contributed by atoms with Gasteiger partial charge in [0.05, 0.1) is 12.1 Å². The highest BCUT2D eigenvalue weighted by Gasteiger charge is 2.29. The van der Waals surface area contributed by atoms with Gasteiger partial charge < -0.3 is 10.8 Å². The summed E-state index contributed by atoms with van der Waals surface area (Å²) >= 11 is 0. The van der Waals surface area contributed by atoms with Gasteiger partial charge in [-0.2, -0.15) is 0 Å². The zero-order chi connectivity index (χ0) is 13.2. The largest absolute Gasteiger partial charge is 0.386 e. The van der Waals surface area contributed by atoms with Gasteiger partial charge in [0.15, 0.2) is 0 Å². The van der Waals surface area contributed by atoms with Crippen molar-refractivity contribution in [1.82, 2.24) is 0 Å². The van der Waals surface area contributed by atoms with Crippen molar-refractivity contribution in [2.75, 3.05) is 0 Å². The molecule has 1 aliphatic rings. The highest BCUT2D eigenvalue weighted by atomic mass is 16.3. The smallest absolute Gasteiger partial charge is 0.0985 e. The van der Waals surface area contributed by atoms with E-state index >= 15 is 0 Å². The Kier molecular flexibility index (Phi) is 3.36. The molecule has 0 aromatic heterocycles. The average molecular weight is 253 g/mol. The molecule has 98 valence electrons. The second-order valence-electron chi connectivity index (χ2n) is 5.28. The van der Waals surface area contributed by atoms with Gasteiger partial charge in [-0.05, 0) is 35.4 Å². The maximum Gasteiger partial charge on any atom is 0.0985 e. The second kappa shape index (κ2) is 5.16. The van der Waals surface area contributed by atoms with Crippen molar-refractivity contribution in [3.05, 3.63) is 71.3 Å². The molecule has 2 aromatic carbocycles. The summed E-state index contributed by atoms with van der Waals surface area (Å²) in [6.45, 7) is 0. The Labute approximate surface area is 113 Å². The summed E-state index contributed by atoms with van der Waals surface area (Å²) in [6, 6.07) is 17.6. The quantitative estimate of drug-likeness (QED) is 0.878. The summed E-state index contributed by atoms with van der Waals surface area (Å²) in [6.07, 6.45) is 1.81. The molecular formula is C17H19NO. The van der Waals surface area contributed by atoms with Crippen molar-refractivity contribution < 1.29 is 5.11 Å². The third kappa shape index (κ3) is 2.55. The molecule has 1 aliphatic carbocycles. The van der Waals surface area contributed by atoms with Crippen LogP contribution in [0, 0.1) is 0 Å². The van der Waals surface area contributed by atoms with E-state index < -0.39 is 6.10 Å². The molecule has 1 fully saturated rings. The molecule has 0 bridgehead atoms. The first-order valence-corrected chi connectivity index (χ1v) is 6.85. The molecule has 2 atom stereocenters. The first-order chi connectivity index (χ1) is 9.27. The average Bonchev–Trinajstić information content (AvgIpc) is 3.31. The van der Waals surface area contributed by atoms with Gasteiger partial charge in [-0.25, -0.2) is 0 Å². The standard InChI is InChI=1S/C17H19NO/c18-16(13-6-2-1-3-7-13)17(19)15-9-5-4-8-14(15)12-10-11-12/h1-9,12,16-17,19H,10-11,18H2. The lowest BCUT2D eigenvalue weighted by molar-refractivity contribution is 0.146. The van der Waals surface area contributed by atoms with Crippen LogP contribution >= 0.6 is 0 Å². The lowest BCUT2D eigenvalue weighted by atomic mass is 9.92. The van der Waals surface area contributed by atoms with E-state index in [1.54, 1.807) is 0 Å². The number of rotatable bonds is 4. The summed E-state index contributed by atoms with van der Waals surface area (Å²) in [7, 11) is 0. The molecule has 19 heavy (non-hydrogen) atoms. The molecule has 3 N–H and O–H groups in total. The van der Waals surface area contributed by atoms with Crippen LogP contribution in [0.2, 0.25) is 0 Å². The third-order valence-electron chi connectivity index (χ3n) is 3.86. The summed E-state index contributed by atoms with van der Waals surface area (Å²) in [5, 5.41) is 10.6. The maximum absolute atomic E-state index is 10.6. The zero-order valence-corrected chi connectivity index (χ0v) is 10.9. The minimum absolute atomic E-state index is 0.374. The Morgan fingerprint density at radius 2 is 1.58 bits per heavy atom.